The number of fused-ring (bicyclic) bond motifs is 1. The van der Waals surface area contributed by atoms with Crippen molar-refractivity contribution < 1.29 is 28.5 Å². The minimum Gasteiger partial charge on any atom is -0.497 e. The normalized spacial score (nSPS) is 18.6. The molecule has 2 aromatic carbocycles. The molecule has 0 aliphatic carbocycles. The Kier molecular flexibility index (Phi) is 7.87. The average Bonchev–Trinajstić information content (AvgIpc) is 2.79. The fourth-order valence-corrected chi connectivity index (χ4v) is 3.36. The predicted molar refractivity (Wildman–Crippen MR) is 112 cm³/mol. The standard InChI is InChI=1S/C22H28N2O6/c1-23-20(25)14-30-22(26)24-10-4-7-21-28-12-16(13-29-21)18-6-3-5-15-8-9-17(27-2)11-19(15)18/h3,5-6,8-9,11,16,21H,4,7,10,12-14H2,1-2H3,(H,23,25)(H,24,26). The molecule has 0 atom stereocenters. The van der Waals surface area contributed by atoms with Crippen molar-refractivity contribution in [3.05, 3.63) is 42.0 Å². The molecule has 8 nitrogen and oxygen atoms in total. The van der Waals surface area contributed by atoms with Crippen molar-refractivity contribution in [3.8, 4) is 5.75 Å². The molecule has 0 saturated carbocycles. The number of carbonyl (C=O) groups is 2. The lowest BCUT2D eigenvalue weighted by Crippen LogP contribution is -2.33. The highest BCUT2D eigenvalue weighted by atomic mass is 16.7. The van der Waals surface area contributed by atoms with Crippen LogP contribution in [0.5, 0.6) is 5.75 Å². The lowest BCUT2D eigenvalue weighted by molar-refractivity contribution is -0.189. The molecule has 0 bridgehead atoms. The highest BCUT2D eigenvalue weighted by Crippen LogP contribution is 2.31. The highest BCUT2D eigenvalue weighted by Gasteiger charge is 2.24. The van der Waals surface area contributed by atoms with Crippen molar-refractivity contribution in [1.29, 1.82) is 0 Å². The number of nitrogens with one attached hydrogen (secondary N) is 2. The molecule has 2 aromatic rings. The van der Waals surface area contributed by atoms with Gasteiger partial charge >= 0.3 is 6.09 Å². The second kappa shape index (κ2) is 10.8. The van der Waals surface area contributed by atoms with Crippen LogP contribution in [0.3, 0.4) is 0 Å². The molecule has 162 valence electrons. The van der Waals surface area contributed by atoms with E-state index in [1.54, 1.807) is 7.11 Å². The molecule has 0 radical (unpaired) electrons. The summed E-state index contributed by atoms with van der Waals surface area (Å²) in [5.74, 6) is 0.620. The van der Waals surface area contributed by atoms with Crippen LogP contribution >= 0.6 is 0 Å². The maximum atomic E-state index is 11.5. The zero-order chi connectivity index (χ0) is 21.3. The number of rotatable bonds is 8. The zero-order valence-corrected chi connectivity index (χ0v) is 17.3. The van der Waals surface area contributed by atoms with E-state index in [1.807, 2.05) is 18.2 Å². The molecule has 8 heteroatoms. The number of hydrogen-bond donors (Lipinski definition) is 2. The lowest BCUT2D eigenvalue weighted by atomic mass is 9.94. The average molecular weight is 416 g/mol. The number of methoxy groups -OCH3 is 1. The molecule has 1 saturated heterocycles. The van der Waals surface area contributed by atoms with Crippen LogP contribution in [0.2, 0.25) is 0 Å². The summed E-state index contributed by atoms with van der Waals surface area (Å²) in [6.07, 6.45) is 0.423. The van der Waals surface area contributed by atoms with Crippen LogP contribution in [0.4, 0.5) is 4.79 Å². The Balaban J connectivity index is 1.43. The van der Waals surface area contributed by atoms with Gasteiger partial charge in [0.25, 0.3) is 5.91 Å². The lowest BCUT2D eigenvalue weighted by Gasteiger charge is -2.30. The first-order valence-corrected chi connectivity index (χ1v) is 10.0. The van der Waals surface area contributed by atoms with E-state index >= 15 is 0 Å². The third kappa shape index (κ3) is 5.84. The van der Waals surface area contributed by atoms with Gasteiger partial charge in [-0.2, -0.15) is 0 Å². The number of likely N-dealkylation sites (N-methyl/N-ethyl adjacent to an activating group) is 1. The van der Waals surface area contributed by atoms with Crippen LogP contribution in [0, 0.1) is 0 Å². The molecule has 0 aromatic heterocycles. The first-order chi connectivity index (χ1) is 14.6. The van der Waals surface area contributed by atoms with Crippen LogP contribution < -0.4 is 15.4 Å². The molecule has 2 amide bonds. The predicted octanol–water partition coefficient (Wildman–Crippen LogP) is 2.56. The SMILES string of the molecule is CNC(=O)COC(=O)NCCCC1OCC(c2cccc3ccc(OC)cc23)CO1. The molecular weight excluding hydrogens is 388 g/mol. The van der Waals surface area contributed by atoms with E-state index in [4.69, 9.17) is 18.9 Å². The maximum Gasteiger partial charge on any atom is 0.407 e. The molecule has 1 fully saturated rings. The van der Waals surface area contributed by atoms with Gasteiger partial charge in [0.15, 0.2) is 12.9 Å². The summed E-state index contributed by atoms with van der Waals surface area (Å²) >= 11 is 0. The summed E-state index contributed by atoms with van der Waals surface area (Å²) in [5.41, 5.74) is 1.19. The van der Waals surface area contributed by atoms with Gasteiger partial charge in [0.05, 0.1) is 20.3 Å². The van der Waals surface area contributed by atoms with Gasteiger partial charge in [0.1, 0.15) is 5.75 Å². The minimum absolute atomic E-state index is 0.148. The monoisotopic (exact) mass is 416 g/mol. The van der Waals surface area contributed by atoms with Crippen molar-refractivity contribution in [2.45, 2.75) is 25.0 Å². The van der Waals surface area contributed by atoms with E-state index in [0.717, 1.165) is 16.5 Å². The van der Waals surface area contributed by atoms with Crippen LogP contribution in [0.15, 0.2) is 36.4 Å². The van der Waals surface area contributed by atoms with E-state index in [2.05, 4.69) is 28.8 Å². The van der Waals surface area contributed by atoms with Gasteiger partial charge in [-0.05, 0) is 34.9 Å². The van der Waals surface area contributed by atoms with Crippen molar-refractivity contribution >= 4 is 22.8 Å². The Hall–Kier alpha value is -2.84. The summed E-state index contributed by atoms with van der Waals surface area (Å²) in [4.78, 5) is 22.5. The van der Waals surface area contributed by atoms with Gasteiger partial charge in [-0.3, -0.25) is 4.79 Å². The summed E-state index contributed by atoms with van der Waals surface area (Å²) in [5, 5.41) is 7.28. The van der Waals surface area contributed by atoms with Crippen LogP contribution in [0.1, 0.15) is 24.3 Å². The molecule has 1 aliphatic rings. The van der Waals surface area contributed by atoms with Gasteiger partial charge in [-0.25, -0.2) is 4.79 Å². The first-order valence-electron chi connectivity index (χ1n) is 10.0. The van der Waals surface area contributed by atoms with Gasteiger partial charge < -0.3 is 29.6 Å². The minimum atomic E-state index is -0.615. The summed E-state index contributed by atoms with van der Waals surface area (Å²) in [7, 11) is 3.15. The van der Waals surface area contributed by atoms with Gasteiger partial charge in [-0.15, -0.1) is 0 Å². The molecule has 1 heterocycles. The second-order valence-electron chi connectivity index (χ2n) is 7.05. The Bertz CT molecular complexity index is 864. The summed E-state index contributed by atoms with van der Waals surface area (Å²) in [6.45, 7) is 1.27. The number of alkyl carbamates (subject to hydrolysis) is 1. The van der Waals surface area contributed by atoms with Crippen molar-refractivity contribution in [1.82, 2.24) is 10.6 Å². The van der Waals surface area contributed by atoms with E-state index in [9.17, 15) is 9.59 Å². The van der Waals surface area contributed by atoms with E-state index < -0.39 is 6.09 Å². The number of hydrogen-bond acceptors (Lipinski definition) is 6. The Morgan fingerprint density at radius 1 is 1.17 bits per heavy atom. The van der Waals surface area contributed by atoms with E-state index in [-0.39, 0.29) is 24.7 Å². The van der Waals surface area contributed by atoms with Crippen molar-refractivity contribution in [2.75, 3.05) is 40.5 Å². The molecular formula is C22H28N2O6. The van der Waals surface area contributed by atoms with Gasteiger partial charge in [-0.1, -0.05) is 24.3 Å². The number of amides is 2. The van der Waals surface area contributed by atoms with Gasteiger partial charge in [0.2, 0.25) is 0 Å². The van der Waals surface area contributed by atoms with Crippen LogP contribution in [-0.2, 0) is 19.0 Å². The quantitative estimate of drug-likeness (QED) is 0.643. The largest absolute Gasteiger partial charge is 0.497 e. The summed E-state index contributed by atoms with van der Waals surface area (Å²) < 4.78 is 21.9. The Morgan fingerprint density at radius 3 is 2.70 bits per heavy atom. The van der Waals surface area contributed by atoms with Gasteiger partial charge in [0, 0.05) is 25.9 Å². The number of carbonyl (C=O) groups excluding carboxylic acids is 2. The molecule has 0 spiro atoms. The molecule has 30 heavy (non-hydrogen) atoms. The van der Waals surface area contributed by atoms with E-state index in [1.165, 1.54) is 12.6 Å². The Morgan fingerprint density at radius 2 is 1.97 bits per heavy atom. The summed E-state index contributed by atoms with van der Waals surface area (Å²) in [6, 6.07) is 12.3. The number of ether oxygens (including phenoxy) is 4. The maximum absolute atomic E-state index is 11.5. The van der Waals surface area contributed by atoms with Crippen molar-refractivity contribution in [2.24, 2.45) is 0 Å². The molecule has 0 unspecified atom stereocenters. The van der Waals surface area contributed by atoms with Crippen LogP contribution in [0.25, 0.3) is 10.8 Å². The third-order valence-electron chi connectivity index (χ3n) is 5.03. The Labute approximate surface area is 175 Å². The third-order valence-corrected chi connectivity index (χ3v) is 5.03. The van der Waals surface area contributed by atoms with Crippen molar-refractivity contribution in [3.63, 3.8) is 0 Å². The first kappa shape index (κ1) is 21.9. The highest BCUT2D eigenvalue weighted by molar-refractivity contribution is 5.87. The fourth-order valence-electron chi connectivity index (χ4n) is 3.36. The smallest absolute Gasteiger partial charge is 0.407 e. The number of benzene rings is 2. The molecule has 2 N–H and O–H groups in total. The van der Waals surface area contributed by atoms with Crippen LogP contribution in [-0.4, -0.2) is 58.8 Å². The second-order valence-corrected chi connectivity index (χ2v) is 7.05. The molecule has 1 aliphatic heterocycles. The topological polar surface area (TPSA) is 95.1 Å². The fraction of sp³-hybridized carbons (Fsp3) is 0.455. The van der Waals surface area contributed by atoms with E-state index in [0.29, 0.717) is 32.6 Å². The molecule has 3 rings (SSSR count). The zero-order valence-electron chi connectivity index (χ0n) is 17.3.